The van der Waals surface area contributed by atoms with Gasteiger partial charge in [0, 0.05) is 60.3 Å². The zero-order valence-corrected chi connectivity index (χ0v) is 20.7. The monoisotopic (exact) mass is 521 g/mol. The molecule has 1 unspecified atom stereocenters. The molecule has 37 heavy (non-hydrogen) atoms. The number of alkyl halides is 3. The largest absolute Gasteiger partial charge is 0.393 e. The minimum Gasteiger partial charge on any atom is -0.393 e. The Balaban J connectivity index is 1.51. The molecule has 2 aromatic carbocycles. The summed E-state index contributed by atoms with van der Waals surface area (Å²) in [7, 11) is 0. The molecule has 0 aliphatic carbocycles. The average Bonchev–Trinajstić information content (AvgIpc) is 3.22. The molecule has 1 fully saturated rings. The minimum absolute atomic E-state index is 0.0695. The molecule has 3 heterocycles. The highest BCUT2D eigenvalue weighted by Gasteiger charge is 2.41. The van der Waals surface area contributed by atoms with Crippen molar-refractivity contribution in [3.8, 4) is 0 Å². The van der Waals surface area contributed by atoms with Crippen LogP contribution >= 0.6 is 0 Å². The van der Waals surface area contributed by atoms with Crippen molar-refractivity contribution >= 4 is 10.9 Å². The third-order valence-corrected chi connectivity index (χ3v) is 7.82. The van der Waals surface area contributed by atoms with Gasteiger partial charge in [0.2, 0.25) is 0 Å². The molecular weight excluding hydrogens is 489 g/mol. The summed E-state index contributed by atoms with van der Waals surface area (Å²) in [6.45, 7) is 1.89. The van der Waals surface area contributed by atoms with E-state index in [0.29, 0.717) is 38.2 Å². The molecule has 2 aliphatic heterocycles. The molecular formula is C28H32F5N3O. The van der Waals surface area contributed by atoms with Crippen molar-refractivity contribution in [2.75, 3.05) is 39.5 Å². The van der Waals surface area contributed by atoms with E-state index in [0.717, 1.165) is 28.6 Å². The van der Waals surface area contributed by atoms with Crippen LogP contribution in [-0.2, 0) is 6.42 Å². The molecule has 2 N–H and O–H groups in total. The second-order valence-corrected chi connectivity index (χ2v) is 10.4. The molecule has 0 saturated carbocycles. The number of para-hydroxylation sites is 1. The van der Waals surface area contributed by atoms with Crippen LogP contribution in [0.15, 0.2) is 36.4 Å². The Hall–Kier alpha value is -2.49. The van der Waals surface area contributed by atoms with Gasteiger partial charge in [-0.05, 0) is 49.1 Å². The molecule has 5 rings (SSSR count). The maximum Gasteiger partial charge on any atom is 0.136 e. The zero-order valence-electron chi connectivity index (χ0n) is 20.7. The molecule has 9 heteroatoms. The van der Waals surface area contributed by atoms with Gasteiger partial charge in [0.1, 0.15) is 24.0 Å². The van der Waals surface area contributed by atoms with Gasteiger partial charge in [-0.3, -0.25) is 9.29 Å². The Morgan fingerprint density at radius 1 is 1.11 bits per heavy atom. The summed E-state index contributed by atoms with van der Waals surface area (Å²) in [5.74, 6) is -2.19. The van der Waals surface area contributed by atoms with Crippen LogP contribution in [0.3, 0.4) is 0 Å². The van der Waals surface area contributed by atoms with E-state index in [4.69, 9.17) is 0 Å². The number of benzene rings is 2. The lowest BCUT2D eigenvalue weighted by Crippen LogP contribution is -2.48. The number of likely N-dealkylation sites (tertiary alicyclic amines) is 1. The second-order valence-electron chi connectivity index (χ2n) is 10.4. The average molecular weight is 522 g/mol. The highest BCUT2D eigenvalue weighted by molar-refractivity contribution is 5.85. The summed E-state index contributed by atoms with van der Waals surface area (Å²) in [6, 6.07) is 8.43. The summed E-state index contributed by atoms with van der Waals surface area (Å²) >= 11 is 0. The van der Waals surface area contributed by atoms with Crippen LogP contribution in [0.4, 0.5) is 22.0 Å². The van der Waals surface area contributed by atoms with Crippen LogP contribution in [-0.4, -0.2) is 71.6 Å². The fourth-order valence-electron chi connectivity index (χ4n) is 5.95. The van der Waals surface area contributed by atoms with Crippen molar-refractivity contribution in [2.45, 2.75) is 44.2 Å². The van der Waals surface area contributed by atoms with Crippen LogP contribution in [0, 0.1) is 17.6 Å². The number of aliphatic hydroxyl groups excluding tert-OH is 1. The van der Waals surface area contributed by atoms with Crippen LogP contribution in [0.2, 0.25) is 0 Å². The standard InChI is InChI=1S/C28H32F5N3O/c1-16-9-21-20-5-2-3-6-24(20)34-27(21)28(36(16)14-19(30)15-37)25-22(31)10-17(11-23(25)32)26(33)18-12-35(13-18)8-4-7-29/h2-3,5-6,10-11,16,18-19,26,28,34,37H,4,7-9,12-15H2,1H3/t16-,19?,26-,28-/m1/s1. The third kappa shape index (κ3) is 4.89. The van der Waals surface area contributed by atoms with E-state index in [-0.39, 0.29) is 23.7 Å². The van der Waals surface area contributed by atoms with Crippen molar-refractivity contribution < 1.29 is 27.1 Å². The van der Waals surface area contributed by atoms with E-state index in [1.54, 1.807) is 4.90 Å². The Bertz CT molecular complexity index is 1220. The number of H-pyrrole nitrogens is 1. The normalized spacial score (nSPS) is 22.7. The predicted octanol–water partition coefficient (Wildman–Crippen LogP) is 5.41. The fourth-order valence-corrected chi connectivity index (χ4v) is 5.95. The van der Waals surface area contributed by atoms with Gasteiger partial charge in [0.25, 0.3) is 0 Å². The smallest absolute Gasteiger partial charge is 0.136 e. The number of aromatic nitrogens is 1. The van der Waals surface area contributed by atoms with Gasteiger partial charge in [0.15, 0.2) is 0 Å². The number of hydrogen-bond donors (Lipinski definition) is 2. The zero-order chi connectivity index (χ0) is 26.3. The molecule has 200 valence electrons. The lowest BCUT2D eigenvalue weighted by atomic mass is 9.85. The number of nitrogens with zero attached hydrogens (tertiary/aromatic N) is 2. The molecule has 4 nitrogen and oxygen atoms in total. The van der Waals surface area contributed by atoms with Crippen molar-refractivity contribution in [3.05, 3.63) is 70.4 Å². The molecule has 1 saturated heterocycles. The maximum absolute atomic E-state index is 15.7. The van der Waals surface area contributed by atoms with Gasteiger partial charge in [0.05, 0.1) is 19.3 Å². The Labute approximate surface area is 213 Å². The first kappa shape index (κ1) is 26.1. The summed E-state index contributed by atoms with van der Waals surface area (Å²) < 4.78 is 73.4. The first-order chi connectivity index (χ1) is 17.8. The fraction of sp³-hybridized carbons (Fsp3) is 0.500. The molecule has 0 amide bonds. The summed E-state index contributed by atoms with van der Waals surface area (Å²) in [5.41, 5.74) is 1.97. The van der Waals surface area contributed by atoms with Crippen LogP contribution < -0.4 is 0 Å². The quantitative estimate of drug-likeness (QED) is 0.370. The highest BCUT2D eigenvalue weighted by atomic mass is 19.1. The van der Waals surface area contributed by atoms with Gasteiger partial charge in [-0.1, -0.05) is 18.2 Å². The van der Waals surface area contributed by atoms with Gasteiger partial charge >= 0.3 is 0 Å². The SMILES string of the molecule is C[C@@H]1Cc2c([nH]c3ccccc23)[C@@H](c2c(F)cc([C@@H](F)C3CN(CCCF)C3)cc2F)N1CC(F)CO. The number of nitrogens with one attached hydrogen (secondary N) is 1. The van der Waals surface area contributed by atoms with Gasteiger partial charge < -0.3 is 15.0 Å². The highest BCUT2D eigenvalue weighted by Crippen LogP contribution is 2.43. The molecule has 2 aliphatic rings. The van der Waals surface area contributed by atoms with E-state index in [9.17, 15) is 13.9 Å². The van der Waals surface area contributed by atoms with Crippen molar-refractivity contribution in [3.63, 3.8) is 0 Å². The first-order valence-electron chi connectivity index (χ1n) is 12.8. The van der Waals surface area contributed by atoms with Crippen molar-refractivity contribution in [2.24, 2.45) is 5.92 Å². The predicted molar refractivity (Wildman–Crippen MR) is 133 cm³/mol. The van der Waals surface area contributed by atoms with Crippen molar-refractivity contribution in [1.82, 2.24) is 14.8 Å². The topological polar surface area (TPSA) is 42.5 Å². The number of fused-ring (bicyclic) bond motifs is 3. The van der Waals surface area contributed by atoms with E-state index >= 15 is 13.2 Å². The van der Waals surface area contributed by atoms with Gasteiger partial charge in [-0.2, -0.15) is 0 Å². The minimum atomic E-state index is -1.59. The van der Waals surface area contributed by atoms with Gasteiger partial charge in [-0.25, -0.2) is 17.6 Å². The number of aromatic amines is 1. The first-order valence-corrected chi connectivity index (χ1v) is 12.8. The third-order valence-electron chi connectivity index (χ3n) is 7.82. The summed E-state index contributed by atoms with van der Waals surface area (Å²) in [4.78, 5) is 6.88. The Morgan fingerprint density at radius 3 is 2.49 bits per heavy atom. The molecule has 4 atom stereocenters. The Kier molecular flexibility index (Phi) is 7.56. The molecule has 0 radical (unpaired) electrons. The summed E-state index contributed by atoms with van der Waals surface area (Å²) in [6.07, 6.45) is -2.21. The van der Waals surface area contributed by atoms with E-state index in [1.165, 1.54) is 0 Å². The lowest BCUT2D eigenvalue weighted by Gasteiger charge is -2.42. The Morgan fingerprint density at radius 2 is 1.81 bits per heavy atom. The number of hydrogen-bond acceptors (Lipinski definition) is 3. The van der Waals surface area contributed by atoms with Gasteiger partial charge in [-0.15, -0.1) is 0 Å². The van der Waals surface area contributed by atoms with Crippen LogP contribution in [0.5, 0.6) is 0 Å². The van der Waals surface area contributed by atoms with E-state index < -0.39 is 49.2 Å². The second kappa shape index (κ2) is 10.7. The van der Waals surface area contributed by atoms with Crippen LogP contribution in [0.25, 0.3) is 10.9 Å². The van der Waals surface area contributed by atoms with Crippen molar-refractivity contribution in [1.29, 1.82) is 0 Å². The molecule has 0 bridgehead atoms. The molecule has 0 spiro atoms. The van der Waals surface area contributed by atoms with Crippen LogP contribution in [0.1, 0.15) is 47.9 Å². The number of halogens is 5. The number of rotatable bonds is 9. The molecule has 1 aromatic heterocycles. The lowest BCUT2D eigenvalue weighted by molar-refractivity contribution is 0.0360. The maximum atomic E-state index is 15.7. The number of aliphatic hydroxyl groups is 1. The summed E-state index contributed by atoms with van der Waals surface area (Å²) in [5, 5.41) is 10.3. The van der Waals surface area contributed by atoms with E-state index in [2.05, 4.69) is 4.98 Å². The molecule has 3 aromatic rings. The van der Waals surface area contributed by atoms with E-state index in [1.807, 2.05) is 36.1 Å².